The van der Waals surface area contributed by atoms with Crippen LogP contribution < -0.4 is 25.4 Å². The minimum Gasteiger partial charge on any atom is -0.456 e. The second-order valence-corrected chi connectivity index (χ2v) is 10.0. The van der Waals surface area contributed by atoms with Crippen molar-refractivity contribution in [2.45, 2.75) is 0 Å². The Bertz CT molecular complexity index is 1410. The molecule has 0 amide bonds. The molecule has 0 bridgehead atoms. The Morgan fingerprint density at radius 3 is 1.55 bits per heavy atom. The van der Waals surface area contributed by atoms with Crippen LogP contribution in [0.4, 0.5) is 0 Å². The minimum atomic E-state index is -0.804. The molecule has 0 atom stereocenters. The summed E-state index contributed by atoms with van der Waals surface area (Å²) in [7, 11) is -0.804. The van der Waals surface area contributed by atoms with Gasteiger partial charge in [0.1, 0.15) is 23.0 Å². The first-order chi connectivity index (χ1) is 16.3. The van der Waals surface area contributed by atoms with Crippen molar-refractivity contribution in [3.8, 4) is 45.5 Å². The normalized spacial score (nSPS) is 13.2. The number of nitrogens with zero attached hydrogens (tertiary/aromatic N) is 2. The van der Waals surface area contributed by atoms with Crippen LogP contribution in [0.1, 0.15) is 0 Å². The highest BCUT2D eigenvalue weighted by Gasteiger charge is 2.37. The topological polar surface area (TPSA) is 44.2 Å². The van der Waals surface area contributed by atoms with Crippen LogP contribution in [0.25, 0.3) is 22.5 Å². The molecule has 0 fully saturated rings. The first kappa shape index (κ1) is 18.6. The molecule has 0 aliphatic carbocycles. The lowest BCUT2D eigenvalue weighted by Gasteiger charge is -2.34. The number of hydrogen-bond acceptors (Lipinski definition) is 4. The maximum atomic E-state index is 6.39. The Morgan fingerprint density at radius 1 is 0.515 bits per heavy atom. The van der Waals surface area contributed by atoms with E-state index >= 15 is 0 Å². The number of aromatic nitrogens is 2. The molecule has 3 aromatic carbocycles. The van der Waals surface area contributed by atoms with Crippen LogP contribution in [0.2, 0.25) is 0 Å². The van der Waals surface area contributed by atoms with Gasteiger partial charge in [0.25, 0.3) is 0 Å². The van der Waals surface area contributed by atoms with Gasteiger partial charge in [-0.1, -0.05) is 30.3 Å². The predicted octanol–water partition coefficient (Wildman–Crippen LogP) is 5.78. The van der Waals surface area contributed by atoms with Crippen LogP contribution >= 0.6 is 7.92 Å². The quantitative estimate of drug-likeness (QED) is 0.317. The third kappa shape index (κ3) is 2.95. The van der Waals surface area contributed by atoms with E-state index < -0.39 is 7.92 Å². The maximum absolute atomic E-state index is 6.39. The van der Waals surface area contributed by atoms with E-state index in [2.05, 4.69) is 46.4 Å². The molecule has 5 heteroatoms. The van der Waals surface area contributed by atoms with Gasteiger partial charge in [0.05, 0.1) is 16.7 Å². The van der Waals surface area contributed by atoms with Gasteiger partial charge in [-0.2, -0.15) is 0 Å². The standard InChI is InChI=1S/C28H17N2O2P/c1-3-14-29-20(6-1)18-10-12-26-24(16-18)31-22-8-5-9-23-28(22)33(26)27-13-11-19(17-25(27)32-23)21-7-2-4-15-30-21/h1-17H. The van der Waals surface area contributed by atoms with Crippen molar-refractivity contribution in [3.63, 3.8) is 0 Å². The van der Waals surface area contributed by atoms with Crippen LogP contribution in [0.15, 0.2) is 103 Å². The molecule has 4 nitrogen and oxygen atoms in total. The van der Waals surface area contributed by atoms with E-state index in [1.165, 1.54) is 10.6 Å². The average molecular weight is 444 g/mol. The van der Waals surface area contributed by atoms with Crippen LogP contribution in [0.3, 0.4) is 0 Å². The lowest BCUT2D eigenvalue weighted by Crippen LogP contribution is -2.31. The molecule has 2 aliphatic heterocycles. The van der Waals surface area contributed by atoms with Crippen molar-refractivity contribution in [2.24, 2.45) is 0 Å². The van der Waals surface area contributed by atoms with Crippen LogP contribution in [-0.2, 0) is 0 Å². The van der Waals surface area contributed by atoms with Crippen molar-refractivity contribution < 1.29 is 9.47 Å². The molecule has 0 spiro atoms. The molecule has 4 heterocycles. The number of pyridine rings is 2. The van der Waals surface area contributed by atoms with Gasteiger partial charge in [-0.15, -0.1) is 0 Å². The Labute approximate surface area is 192 Å². The Balaban J connectivity index is 1.40. The number of fused-ring (bicyclic) bond motifs is 4. The van der Waals surface area contributed by atoms with Crippen molar-refractivity contribution in [2.75, 3.05) is 0 Å². The summed E-state index contributed by atoms with van der Waals surface area (Å²) in [4.78, 5) is 9.01. The van der Waals surface area contributed by atoms with Crippen LogP contribution in [0.5, 0.6) is 23.0 Å². The molecule has 0 unspecified atom stereocenters. The van der Waals surface area contributed by atoms with Gasteiger partial charge in [0.15, 0.2) is 0 Å². The third-order valence-electron chi connectivity index (χ3n) is 5.95. The van der Waals surface area contributed by atoms with Gasteiger partial charge < -0.3 is 9.47 Å². The smallest absolute Gasteiger partial charge is 0.139 e. The molecule has 156 valence electrons. The second-order valence-electron chi connectivity index (χ2n) is 7.94. The van der Waals surface area contributed by atoms with Crippen LogP contribution in [0, 0.1) is 0 Å². The van der Waals surface area contributed by atoms with E-state index in [4.69, 9.17) is 9.47 Å². The zero-order valence-electron chi connectivity index (χ0n) is 17.5. The molecule has 5 aromatic rings. The SMILES string of the molecule is c1ccc(-c2ccc3c(c2)Oc2cccc4c2P3c2ccc(-c3ccccn3)cc2O4)nc1. The first-order valence-corrected chi connectivity index (χ1v) is 12.1. The highest BCUT2D eigenvalue weighted by atomic mass is 31.1. The fourth-order valence-electron chi connectivity index (χ4n) is 4.44. The molecule has 7 rings (SSSR count). The third-order valence-corrected chi connectivity index (χ3v) is 8.54. The summed E-state index contributed by atoms with van der Waals surface area (Å²) in [6.07, 6.45) is 3.63. The molecule has 33 heavy (non-hydrogen) atoms. The van der Waals surface area contributed by atoms with E-state index in [0.717, 1.165) is 50.8 Å². The summed E-state index contributed by atoms with van der Waals surface area (Å²) in [5, 5.41) is 3.53. The fourth-order valence-corrected chi connectivity index (χ4v) is 6.97. The van der Waals surface area contributed by atoms with Crippen LogP contribution in [-0.4, -0.2) is 9.97 Å². The van der Waals surface area contributed by atoms with Gasteiger partial charge >= 0.3 is 0 Å². The molecule has 0 saturated carbocycles. The fraction of sp³-hybridized carbons (Fsp3) is 0. The summed E-state index contributed by atoms with van der Waals surface area (Å²) >= 11 is 0. The molecule has 0 saturated heterocycles. The summed E-state index contributed by atoms with van der Waals surface area (Å²) in [5.74, 6) is 3.50. The predicted molar refractivity (Wildman–Crippen MR) is 132 cm³/mol. The van der Waals surface area contributed by atoms with Gasteiger partial charge in [-0.25, -0.2) is 0 Å². The first-order valence-electron chi connectivity index (χ1n) is 10.7. The molecule has 2 aromatic heterocycles. The van der Waals surface area contributed by atoms with Crippen molar-refractivity contribution in [3.05, 3.63) is 103 Å². The molecule has 0 radical (unpaired) electrons. The molecule has 0 N–H and O–H groups in total. The largest absolute Gasteiger partial charge is 0.456 e. The van der Waals surface area contributed by atoms with E-state index in [9.17, 15) is 0 Å². The van der Waals surface area contributed by atoms with E-state index in [-0.39, 0.29) is 0 Å². The molecular formula is C28H17N2O2P. The van der Waals surface area contributed by atoms with Gasteiger partial charge in [0, 0.05) is 42.1 Å². The van der Waals surface area contributed by atoms with Gasteiger partial charge in [0.2, 0.25) is 0 Å². The average Bonchev–Trinajstić information content (AvgIpc) is 2.89. The number of rotatable bonds is 2. The summed E-state index contributed by atoms with van der Waals surface area (Å²) in [5.41, 5.74) is 3.96. The lowest BCUT2D eigenvalue weighted by molar-refractivity contribution is 0.467. The molecule has 2 aliphatic rings. The Morgan fingerprint density at radius 2 is 1.06 bits per heavy atom. The molecular weight excluding hydrogens is 427 g/mol. The zero-order chi connectivity index (χ0) is 21.8. The minimum absolute atomic E-state index is 0.804. The van der Waals surface area contributed by atoms with E-state index in [1.807, 2.05) is 67.0 Å². The lowest BCUT2D eigenvalue weighted by atomic mass is 10.1. The monoisotopic (exact) mass is 444 g/mol. The summed E-state index contributed by atoms with van der Waals surface area (Å²) in [6.45, 7) is 0. The highest BCUT2D eigenvalue weighted by molar-refractivity contribution is 7.80. The second kappa shape index (κ2) is 7.26. The number of hydrogen-bond donors (Lipinski definition) is 0. The Kier molecular flexibility index (Phi) is 4.08. The van der Waals surface area contributed by atoms with E-state index in [0.29, 0.717) is 0 Å². The van der Waals surface area contributed by atoms with Crippen molar-refractivity contribution in [1.82, 2.24) is 9.97 Å². The highest BCUT2D eigenvalue weighted by Crippen LogP contribution is 2.53. The van der Waals surface area contributed by atoms with Crippen molar-refractivity contribution >= 4 is 23.8 Å². The maximum Gasteiger partial charge on any atom is 0.139 e. The van der Waals surface area contributed by atoms with E-state index in [1.54, 1.807) is 0 Å². The van der Waals surface area contributed by atoms with Crippen molar-refractivity contribution in [1.29, 1.82) is 0 Å². The Hall–Kier alpha value is -4.01. The van der Waals surface area contributed by atoms with Gasteiger partial charge in [-0.3, -0.25) is 9.97 Å². The number of benzene rings is 3. The summed E-state index contributed by atoms with van der Waals surface area (Å²) < 4.78 is 12.8. The van der Waals surface area contributed by atoms with Gasteiger partial charge in [-0.05, 0) is 60.7 Å². The zero-order valence-corrected chi connectivity index (χ0v) is 18.4. The number of ether oxygens (including phenoxy) is 2. The summed E-state index contributed by atoms with van der Waals surface area (Å²) in [6, 6.07) is 30.8.